The summed E-state index contributed by atoms with van der Waals surface area (Å²) in [5, 5.41) is 15.9. The zero-order valence-corrected chi connectivity index (χ0v) is 17.3. The molecular weight excluding hydrogens is 434 g/mol. The van der Waals surface area contributed by atoms with E-state index in [1.165, 1.54) is 12.1 Å². The van der Waals surface area contributed by atoms with Gasteiger partial charge in [0.25, 0.3) is 11.8 Å². The third kappa shape index (κ3) is 5.30. The standard InChI is InChI=1S/C21H19Cl2FN2O4/c1-11(26-20(28)12-2-4-15(23)16(24)8-12)6-7-25-21(29)19-10-17(27)14-9-13(22)3-5-18(14)30-19/h2-5,8-9,17,19,27H,1,6-7,10H2,(H,25,29)(H,26,28)/t17-,19-/m1/s1. The Bertz CT molecular complexity index is 999. The molecular formula is C21H19Cl2FN2O4. The van der Waals surface area contributed by atoms with Crippen LogP contribution in [0.2, 0.25) is 10.0 Å². The lowest BCUT2D eigenvalue weighted by atomic mass is 9.98. The molecule has 6 nitrogen and oxygen atoms in total. The summed E-state index contributed by atoms with van der Waals surface area (Å²) in [5.41, 5.74) is 0.993. The number of halogens is 3. The highest BCUT2D eigenvalue weighted by molar-refractivity contribution is 6.31. The largest absolute Gasteiger partial charge is 0.480 e. The van der Waals surface area contributed by atoms with Crippen molar-refractivity contribution in [3.63, 3.8) is 0 Å². The average Bonchev–Trinajstić information content (AvgIpc) is 2.70. The maximum absolute atomic E-state index is 13.5. The Balaban J connectivity index is 1.47. The SMILES string of the molecule is C=C(CCNC(=O)[C@H]1C[C@@H](O)c2cc(Cl)ccc2O1)NC(=O)c1ccc(Cl)c(F)c1. The predicted molar refractivity (Wildman–Crippen MR) is 111 cm³/mol. The van der Waals surface area contributed by atoms with Crippen LogP contribution in [0.1, 0.15) is 34.9 Å². The zero-order chi connectivity index (χ0) is 21.8. The Hall–Kier alpha value is -2.61. The molecule has 0 bridgehead atoms. The van der Waals surface area contributed by atoms with Gasteiger partial charge in [-0.15, -0.1) is 0 Å². The van der Waals surface area contributed by atoms with Crippen LogP contribution >= 0.6 is 23.2 Å². The highest BCUT2D eigenvalue weighted by Crippen LogP contribution is 2.36. The molecule has 158 valence electrons. The minimum absolute atomic E-state index is 0.0751. The summed E-state index contributed by atoms with van der Waals surface area (Å²) < 4.78 is 19.1. The molecule has 0 aromatic heterocycles. The van der Waals surface area contributed by atoms with Gasteiger partial charge in [0.05, 0.1) is 11.1 Å². The van der Waals surface area contributed by atoms with Crippen molar-refractivity contribution in [2.75, 3.05) is 6.54 Å². The van der Waals surface area contributed by atoms with Gasteiger partial charge in [-0.05, 0) is 36.4 Å². The van der Waals surface area contributed by atoms with Crippen molar-refractivity contribution in [2.24, 2.45) is 0 Å². The van der Waals surface area contributed by atoms with Crippen LogP contribution in [0.4, 0.5) is 4.39 Å². The van der Waals surface area contributed by atoms with E-state index in [9.17, 15) is 19.1 Å². The number of hydrogen-bond acceptors (Lipinski definition) is 4. The molecule has 0 fully saturated rings. The first-order chi connectivity index (χ1) is 14.2. The number of aliphatic hydroxyl groups is 1. The molecule has 3 rings (SSSR count). The number of carbonyl (C=O) groups is 2. The number of aliphatic hydroxyl groups excluding tert-OH is 1. The van der Waals surface area contributed by atoms with Crippen LogP contribution in [0.25, 0.3) is 0 Å². The van der Waals surface area contributed by atoms with E-state index in [0.717, 1.165) is 6.07 Å². The van der Waals surface area contributed by atoms with Gasteiger partial charge in [0.1, 0.15) is 11.6 Å². The van der Waals surface area contributed by atoms with Crippen LogP contribution in [0.5, 0.6) is 5.75 Å². The maximum Gasteiger partial charge on any atom is 0.261 e. The summed E-state index contributed by atoms with van der Waals surface area (Å²) in [7, 11) is 0. The van der Waals surface area contributed by atoms with Crippen molar-refractivity contribution in [3.8, 4) is 5.75 Å². The molecule has 1 heterocycles. The Morgan fingerprint density at radius 1 is 1.23 bits per heavy atom. The Labute approximate surface area is 182 Å². The van der Waals surface area contributed by atoms with Crippen LogP contribution in [-0.2, 0) is 4.79 Å². The fourth-order valence-electron chi connectivity index (χ4n) is 2.96. The number of amides is 2. The molecule has 0 saturated heterocycles. The van der Waals surface area contributed by atoms with Gasteiger partial charge in [-0.2, -0.15) is 0 Å². The van der Waals surface area contributed by atoms with Crippen LogP contribution < -0.4 is 15.4 Å². The number of rotatable bonds is 6. The molecule has 30 heavy (non-hydrogen) atoms. The summed E-state index contributed by atoms with van der Waals surface area (Å²) in [6.45, 7) is 3.92. The lowest BCUT2D eigenvalue weighted by Gasteiger charge is -2.29. The summed E-state index contributed by atoms with van der Waals surface area (Å²) in [6, 6.07) is 8.55. The van der Waals surface area contributed by atoms with Gasteiger partial charge in [0.15, 0.2) is 6.10 Å². The highest BCUT2D eigenvalue weighted by Gasteiger charge is 2.31. The quantitative estimate of drug-likeness (QED) is 0.622. The molecule has 0 aliphatic carbocycles. The van der Waals surface area contributed by atoms with Gasteiger partial charge in [-0.1, -0.05) is 29.8 Å². The molecule has 3 N–H and O–H groups in total. The van der Waals surface area contributed by atoms with Gasteiger partial charge < -0.3 is 20.5 Å². The minimum Gasteiger partial charge on any atom is -0.480 e. The van der Waals surface area contributed by atoms with Crippen LogP contribution in [0.15, 0.2) is 48.7 Å². The van der Waals surface area contributed by atoms with Crippen molar-refractivity contribution in [3.05, 3.63) is 75.7 Å². The molecule has 0 radical (unpaired) electrons. The van der Waals surface area contributed by atoms with Crippen molar-refractivity contribution < 1.29 is 23.8 Å². The van der Waals surface area contributed by atoms with Crippen molar-refractivity contribution in [2.45, 2.75) is 25.0 Å². The number of fused-ring (bicyclic) bond motifs is 1. The van der Waals surface area contributed by atoms with Crippen LogP contribution in [-0.4, -0.2) is 29.6 Å². The molecule has 0 saturated carbocycles. The third-order valence-electron chi connectivity index (χ3n) is 4.53. The lowest BCUT2D eigenvalue weighted by Crippen LogP contribution is -2.42. The maximum atomic E-state index is 13.5. The first kappa shape index (κ1) is 22.1. The van der Waals surface area contributed by atoms with E-state index in [4.69, 9.17) is 27.9 Å². The van der Waals surface area contributed by atoms with E-state index in [1.807, 2.05) is 0 Å². The van der Waals surface area contributed by atoms with Crippen molar-refractivity contribution >= 4 is 35.0 Å². The normalized spacial score (nSPS) is 17.5. The number of benzene rings is 2. The van der Waals surface area contributed by atoms with Gasteiger partial charge in [-0.3, -0.25) is 9.59 Å². The molecule has 2 aromatic rings. The first-order valence-corrected chi connectivity index (χ1v) is 9.86. The average molecular weight is 453 g/mol. The monoisotopic (exact) mass is 452 g/mol. The first-order valence-electron chi connectivity index (χ1n) is 9.10. The minimum atomic E-state index is -0.864. The Morgan fingerprint density at radius 3 is 2.73 bits per heavy atom. The van der Waals surface area contributed by atoms with Gasteiger partial charge in [-0.25, -0.2) is 4.39 Å². The zero-order valence-electron chi connectivity index (χ0n) is 15.8. The summed E-state index contributed by atoms with van der Waals surface area (Å²) >= 11 is 11.5. The van der Waals surface area contributed by atoms with E-state index in [-0.39, 0.29) is 30.0 Å². The van der Waals surface area contributed by atoms with Gasteiger partial charge in [0, 0.05) is 41.2 Å². The summed E-state index contributed by atoms with van der Waals surface area (Å²) in [5.74, 6) is -1.21. The number of nitrogens with one attached hydrogen (secondary N) is 2. The molecule has 9 heteroatoms. The van der Waals surface area contributed by atoms with Crippen molar-refractivity contribution in [1.29, 1.82) is 0 Å². The van der Waals surface area contributed by atoms with Gasteiger partial charge in [0.2, 0.25) is 0 Å². The van der Waals surface area contributed by atoms with Crippen LogP contribution in [0.3, 0.4) is 0 Å². The second kappa shape index (κ2) is 9.47. The van der Waals surface area contributed by atoms with E-state index in [0.29, 0.717) is 22.0 Å². The van der Waals surface area contributed by atoms with Crippen molar-refractivity contribution in [1.82, 2.24) is 10.6 Å². The predicted octanol–water partition coefficient (Wildman–Crippen LogP) is 3.77. The fraction of sp³-hybridized carbons (Fsp3) is 0.238. The smallest absolute Gasteiger partial charge is 0.261 e. The molecule has 1 aliphatic heterocycles. The number of carbonyl (C=O) groups excluding carboxylic acids is 2. The second-order valence-corrected chi connectivity index (χ2v) is 7.61. The van der Waals surface area contributed by atoms with E-state index in [1.54, 1.807) is 18.2 Å². The van der Waals surface area contributed by atoms with Gasteiger partial charge >= 0.3 is 0 Å². The number of ether oxygens (including phenoxy) is 1. The van der Waals surface area contributed by atoms with Crippen LogP contribution in [0, 0.1) is 5.82 Å². The molecule has 0 unspecified atom stereocenters. The molecule has 0 spiro atoms. The Kier molecular flexibility index (Phi) is 6.97. The van der Waals surface area contributed by atoms with E-state index < -0.39 is 29.8 Å². The highest BCUT2D eigenvalue weighted by atomic mass is 35.5. The lowest BCUT2D eigenvalue weighted by molar-refractivity contribution is -0.130. The molecule has 2 amide bonds. The van der Waals surface area contributed by atoms with E-state index >= 15 is 0 Å². The number of hydrogen-bond donors (Lipinski definition) is 3. The summed E-state index contributed by atoms with van der Waals surface area (Å²) in [6.07, 6.45) is -1.36. The Morgan fingerprint density at radius 2 is 2.00 bits per heavy atom. The van der Waals surface area contributed by atoms with E-state index in [2.05, 4.69) is 17.2 Å². The molecule has 1 aliphatic rings. The summed E-state index contributed by atoms with van der Waals surface area (Å²) in [4.78, 5) is 24.5. The third-order valence-corrected chi connectivity index (χ3v) is 5.07. The molecule has 2 atom stereocenters. The fourth-order valence-corrected chi connectivity index (χ4v) is 3.26. The second-order valence-electron chi connectivity index (χ2n) is 6.77. The topological polar surface area (TPSA) is 87.7 Å². The molecule has 2 aromatic carbocycles.